The molecule has 1 saturated heterocycles. The van der Waals surface area contributed by atoms with E-state index < -0.39 is 0 Å². The van der Waals surface area contributed by atoms with E-state index in [9.17, 15) is 4.79 Å². The molecule has 6 heteroatoms. The van der Waals surface area contributed by atoms with Gasteiger partial charge in [0.05, 0.1) is 4.99 Å². The molecule has 0 spiro atoms. The van der Waals surface area contributed by atoms with Crippen molar-refractivity contribution in [3.8, 4) is 0 Å². The van der Waals surface area contributed by atoms with E-state index in [4.69, 9.17) is 34.0 Å². The topological polar surface area (TPSA) is 59.5 Å². The average Bonchev–Trinajstić information content (AvgIpc) is 2.75. The molecule has 1 aromatic rings. The Bertz CT molecular complexity index is 446. The molecule has 0 aromatic carbocycles. The largest absolute Gasteiger partial charge is 0.440 e. The van der Waals surface area contributed by atoms with Crippen molar-refractivity contribution in [2.45, 2.75) is 12.8 Å². The average molecular weight is 273 g/mol. The lowest BCUT2D eigenvalue weighted by Gasteiger charge is -2.31. The van der Waals surface area contributed by atoms with E-state index in [0.29, 0.717) is 18.1 Å². The van der Waals surface area contributed by atoms with Gasteiger partial charge in [-0.25, -0.2) is 0 Å². The highest BCUT2D eigenvalue weighted by atomic mass is 35.5. The van der Waals surface area contributed by atoms with Crippen molar-refractivity contribution < 1.29 is 9.21 Å². The monoisotopic (exact) mass is 272 g/mol. The van der Waals surface area contributed by atoms with Crippen LogP contribution in [0.4, 0.5) is 0 Å². The maximum absolute atomic E-state index is 12.1. The summed E-state index contributed by atoms with van der Waals surface area (Å²) < 4.78 is 5.10. The van der Waals surface area contributed by atoms with Gasteiger partial charge in [0.15, 0.2) is 11.0 Å². The van der Waals surface area contributed by atoms with Gasteiger partial charge in [-0.1, -0.05) is 12.2 Å². The molecule has 1 aliphatic heterocycles. The van der Waals surface area contributed by atoms with Gasteiger partial charge in [0, 0.05) is 19.0 Å². The van der Waals surface area contributed by atoms with E-state index in [2.05, 4.69) is 0 Å². The van der Waals surface area contributed by atoms with Gasteiger partial charge in [-0.3, -0.25) is 4.79 Å². The molecule has 0 radical (unpaired) electrons. The van der Waals surface area contributed by atoms with Crippen LogP contribution >= 0.6 is 23.8 Å². The highest BCUT2D eigenvalue weighted by Crippen LogP contribution is 2.21. The van der Waals surface area contributed by atoms with E-state index in [1.165, 1.54) is 0 Å². The number of rotatable bonds is 2. The normalized spacial score (nSPS) is 20.3. The molecule has 2 heterocycles. The third kappa shape index (κ3) is 2.79. The Morgan fingerprint density at radius 1 is 1.59 bits per heavy atom. The zero-order chi connectivity index (χ0) is 12.4. The van der Waals surface area contributed by atoms with Crippen molar-refractivity contribution in [2.75, 3.05) is 13.1 Å². The minimum Gasteiger partial charge on any atom is -0.440 e. The molecule has 1 aromatic heterocycles. The second-order valence-electron chi connectivity index (χ2n) is 4.10. The highest BCUT2D eigenvalue weighted by Gasteiger charge is 2.27. The molecular weight excluding hydrogens is 260 g/mol. The predicted octanol–water partition coefficient (Wildman–Crippen LogP) is 2.07. The van der Waals surface area contributed by atoms with Crippen LogP contribution < -0.4 is 5.73 Å². The lowest BCUT2D eigenvalue weighted by Crippen LogP contribution is -2.43. The molecule has 2 rings (SSSR count). The number of carbonyl (C=O) groups excluding carboxylic acids is 1. The minimum atomic E-state index is -0.155. The number of piperidine rings is 1. The Morgan fingerprint density at radius 2 is 2.35 bits per heavy atom. The lowest BCUT2D eigenvalue weighted by molar-refractivity contribution is 0.0671. The fourth-order valence-electron chi connectivity index (χ4n) is 1.98. The van der Waals surface area contributed by atoms with Crippen LogP contribution in [0.25, 0.3) is 0 Å². The van der Waals surface area contributed by atoms with Crippen LogP contribution in [0.15, 0.2) is 16.5 Å². The molecule has 92 valence electrons. The maximum Gasteiger partial charge on any atom is 0.289 e. The Balaban J connectivity index is 2.07. The van der Waals surface area contributed by atoms with Gasteiger partial charge >= 0.3 is 0 Å². The molecule has 0 saturated carbocycles. The number of nitrogens with zero attached hydrogens (tertiary/aromatic N) is 1. The standard InChI is InChI=1S/C11H13ClN2O2S/c12-9-4-3-8(16-9)11(15)14-5-1-2-7(6-14)10(13)17/h3-4,7H,1-2,5-6H2,(H2,13,17). The Morgan fingerprint density at radius 3 is 2.94 bits per heavy atom. The van der Waals surface area contributed by atoms with E-state index in [-0.39, 0.29) is 22.8 Å². The Labute approximate surface area is 110 Å². The molecule has 1 fully saturated rings. The molecule has 1 amide bonds. The number of thiocarbonyl (C=S) groups is 1. The van der Waals surface area contributed by atoms with Crippen molar-refractivity contribution >= 4 is 34.7 Å². The highest BCUT2D eigenvalue weighted by molar-refractivity contribution is 7.80. The van der Waals surface area contributed by atoms with Gasteiger partial charge in [0.25, 0.3) is 5.91 Å². The summed E-state index contributed by atoms with van der Waals surface area (Å²) >= 11 is 10.6. The summed E-state index contributed by atoms with van der Waals surface area (Å²) in [5.74, 6) is 0.213. The third-order valence-electron chi connectivity index (χ3n) is 2.89. The summed E-state index contributed by atoms with van der Waals surface area (Å²) in [5, 5.41) is 0.219. The Hall–Kier alpha value is -1.07. The molecule has 1 atom stereocenters. The smallest absolute Gasteiger partial charge is 0.289 e. The minimum absolute atomic E-state index is 0.105. The van der Waals surface area contributed by atoms with Gasteiger partial charge < -0.3 is 15.1 Å². The van der Waals surface area contributed by atoms with E-state index >= 15 is 0 Å². The number of amides is 1. The Kier molecular flexibility index (Phi) is 3.69. The van der Waals surface area contributed by atoms with Crippen molar-refractivity contribution in [1.82, 2.24) is 4.90 Å². The summed E-state index contributed by atoms with van der Waals surface area (Å²) in [6.07, 6.45) is 1.85. The van der Waals surface area contributed by atoms with Crippen LogP contribution in [0.3, 0.4) is 0 Å². The number of furan rings is 1. The van der Waals surface area contributed by atoms with Crippen LogP contribution in [0.2, 0.25) is 5.22 Å². The molecule has 1 unspecified atom stereocenters. The molecule has 17 heavy (non-hydrogen) atoms. The number of carbonyl (C=O) groups is 1. The molecule has 0 aliphatic carbocycles. The van der Waals surface area contributed by atoms with Gasteiger partial charge in [0.1, 0.15) is 0 Å². The third-order valence-corrected chi connectivity index (χ3v) is 3.43. The number of hydrogen-bond acceptors (Lipinski definition) is 3. The molecule has 2 N–H and O–H groups in total. The van der Waals surface area contributed by atoms with E-state index in [1.807, 2.05) is 0 Å². The second kappa shape index (κ2) is 5.06. The zero-order valence-corrected chi connectivity index (χ0v) is 10.8. The van der Waals surface area contributed by atoms with Crippen LogP contribution in [-0.2, 0) is 0 Å². The van der Waals surface area contributed by atoms with E-state index in [1.54, 1.807) is 17.0 Å². The summed E-state index contributed by atoms with van der Waals surface area (Å²) in [5.41, 5.74) is 5.62. The number of nitrogens with two attached hydrogens (primary N) is 1. The SMILES string of the molecule is NC(=S)C1CCCN(C(=O)c2ccc(Cl)o2)C1. The van der Waals surface area contributed by atoms with Crippen molar-refractivity contribution in [2.24, 2.45) is 11.7 Å². The summed E-state index contributed by atoms with van der Waals surface area (Å²) in [4.78, 5) is 14.3. The quantitative estimate of drug-likeness (QED) is 0.838. The molecular formula is C11H13ClN2O2S. The van der Waals surface area contributed by atoms with Gasteiger partial charge in [-0.2, -0.15) is 0 Å². The molecule has 1 aliphatic rings. The van der Waals surface area contributed by atoms with Crippen LogP contribution in [0.1, 0.15) is 23.4 Å². The van der Waals surface area contributed by atoms with Crippen LogP contribution in [0.5, 0.6) is 0 Å². The van der Waals surface area contributed by atoms with Gasteiger partial charge in [-0.05, 0) is 36.6 Å². The molecule has 0 bridgehead atoms. The van der Waals surface area contributed by atoms with Gasteiger partial charge in [0.2, 0.25) is 0 Å². The van der Waals surface area contributed by atoms with Crippen molar-refractivity contribution in [1.29, 1.82) is 0 Å². The number of likely N-dealkylation sites (tertiary alicyclic amines) is 1. The van der Waals surface area contributed by atoms with Crippen LogP contribution in [-0.4, -0.2) is 28.9 Å². The number of hydrogen-bond donors (Lipinski definition) is 1. The summed E-state index contributed by atoms with van der Waals surface area (Å²) in [6, 6.07) is 3.14. The maximum atomic E-state index is 12.1. The first-order chi connectivity index (χ1) is 8.08. The summed E-state index contributed by atoms with van der Waals surface area (Å²) in [7, 11) is 0. The van der Waals surface area contributed by atoms with Crippen molar-refractivity contribution in [3.63, 3.8) is 0 Å². The van der Waals surface area contributed by atoms with Gasteiger partial charge in [-0.15, -0.1) is 0 Å². The summed E-state index contributed by atoms with van der Waals surface area (Å²) in [6.45, 7) is 1.27. The predicted molar refractivity (Wildman–Crippen MR) is 69.1 cm³/mol. The first-order valence-corrected chi connectivity index (χ1v) is 6.20. The van der Waals surface area contributed by atoms with E-state index in [0.717, 1.165) is 12.8 Å². The number of halogens is 1. The fourth-order valence-corrected chi connectivity index (χ4v) is 2.32. The lowest BCUT2D eigenvalue weighted by atomic mass is 9.98. The molecule has 4 nitrogen and oxygen atoms in total. The first-order valence-electron chi connectivity index (χ1n) is 5.42. The second-order valence-corrected chi connectivity index (χ2v) is 4.94. The van der Waals surface area contributed by atoms with Crippen molar-refractivity contribution in [3.05, 3.63) is 23.1 Å². The fraction of sp³-hybridized carbons (Fsp3) is 0.455. The van der Waals surface area contributed by atoms with Crippen LogP contribution in [0, 0.1) is 5.92 Å². The first kappa shape index (κ1) is 12.4. The zero-order valence-electron chi connectivity index (χ0n) is 9.19.